The maximum Gasteiger partial charge on any atom is 0.135 e. The number of aryl methyl sites for hydroxylation is 1. The van der Waals surface area contributed by atoms with E-state index in [4.69, 9.17) is 18.0 Å². The van der Waals surface area contributed by atoms with Gasteiger partial charge in [0.2, 0.25) is 0 Å². The summed E-state index contributed by atoms with van der Waals surface area (Å²) in [6.07, 6.45) is 0. The lowest BCUT2D eigenvalue weighted by Gasteiger charge is -2.17. The molecule has 19 heavy (non-hydrogen) atoms. The Kier molecular flexibility index (Phi) is 4.17. The van der Waals surface area contributed by atoms with Crippen molar-refractivity contribution in [1.29, 1.82) is 0 Å². The zero-order chi connectivity index (χ0) is 14.0. The Labute approximate surface area is 121 Å². The van der Waals surface area contributed by atoms with Crippen molar-refractivity contribution in [3.8, 4) is 0 Å². The maximum absolute atomic E-state index is 13.8. The van der Waals surface area contributed by atoms with Crippen molar-refractivity contribution >= 4 is 34.2 Å². The predicted octanol–water partition coefficient (Wildman–Crippen LogP) is 4.00. The number of hydrogen-bond acceptors (Lipinski definition) is 3. The van der Waals surface area contributed by atoms with Gasteiger partial charge in [-0.15, -0.1) is 11.3 Å². The van der Waals surface area contributed by atoms with Crippen molar-refractivity contribution in [2.75, 3.05) is 5.32 Å². The Hall–Kier alpha value is -1.46. The number of nitrogens with one attached hydrogen (secondary N) is 1. The van der Waals surface area contributed by atoms with Gasteiger partial charge in [-0.25, -0.2) is 4.39 Å². The highest BCUT2D eigenvalue weighted by molar-refractivity contribution is 7.80. The monoisotopic (exact) mass is 294 g/mol. The molecule has 2 rings (SSSR count). The summed E-state index contributed by atoms with van der Waals surface area (Å²) < 4.78 is 13.8. The van der Waals surface area contributed by atoms with Crippen molar-refractivity contribution in [1.82, 2.24) is 0 Å². The summed E-state index contributed by atoms with van der Waals surface area (Å²) in [6, 6.07) is 9.00. The molecule has 0 amide bonds. The van der Waals surface area contributed by atoms with E-state index in [2.05, 4.69) is 24.4 Å². The van der Waals surface area contributed by atoms with Crippen LogP contribution in [0.15, 0.2) is 30.3 Å². The molecule has 0 bridgehead atoms. The lowest BCUT2D eigenvalue weighted by atomic mass is 10.1. The Morgan fingerprint density at radius 3 is 2.68 bits per heavy atom. The lowest BCUT2D eigenvalue weighted by Crippen LogP contribution is -2.16. The van der Waals surface area contributed by atoms with Crippen molar-refractivity contribution in [2.24, 2.45) is 5.73 Å². The summed E-state index contributed by atoms with van der Waals surface area (Å²) in [5, 5.41) is 3.27. The third-order valence-corrected chi connectivity index (χ3v) is 4.21. The van der Waals surface area contributed by atoms with Crippen molar-refractivity contribution < 1.29 is 4.39 Å². The fourth-order valence-electron chi connectivity index (χ4n) is 1.89. The normalized spacial score (nSPS) is 12.2. The maximum atomic E-state index is 13.8. The van der Waals surface area contributed by atoms with Crippen LogP contribution in [0.25, 0.3) is 0 Å². The van der Waals surface area contributed by atoms with E-state index in [0.29, 0.717) is 5.69 Å². The summed E-state index contributed by atoms with van der Waals surface area (Å²) in [4.78, 5) is 2.50. The molecule has 0 saturated heterocycles. The van der Waals surface area contributed by atoms with E-state index in [9.17, 15) is 4.39 Å². The second kappa shape index (κ2) is 5.67. The number of halogens is 1. The topological polar surface area (TPSA) is 38.0 Å². The molecule has 1 aromatic heterocycles. The number of rotatable bonds is 4. The molecule has 0 saturated carbocycles. The smallest absolute Gasteiger partial charge is 0.135 e. The second-order valence-corrected chi connectivity index (χ2v) is 6.10. The summed E-state index contributed by atoms with van der Waals surface area (Å²) in [5.41, 5.74) is 6.49. The van der Waals surface area contributed by atoms with Crippen LogP contribution in [-0.2, 0) is 0 Å². The van der Waals surface area contributed by atoms with Crippen LogP contribution in [0.3, 0.4) is 0 Å². The van der Waals surface area contributed by atoms with Crippen LogP contribution in [0.2, 0.25) is 0 Å². The fourth-order valence-corrected chi connectivity index (χ4v) is 2.97. The van der Waals surface area contributed by atoms with Crippen LogP contribution < -0.4 is 11.1 Å². The number of thiocarbonyl (C=S) groups is 1. The Morgan fingerprint density at radius 1 is 1.37 bits per heavy atom. The van der Waals surface area contributed by atoms with Crippen LogP contribution in [0.1, 0.15) is 28.3 Å². The molecule has 0 spiro atoms. The number of nitrogens with two attached hydrogens (primary N) is 1. The number of hydrogen-bond donors (Lipinski definition) is 2. The van der Waals surface area contributed by atoms with E-state index < -0.39 is 5.82 Å². The van der Waals surface area contributed by atoms with Crippen LogP contribution in [0.4, 0.5) is 10.1 Å². The minimum Gasteiger partial charge on any atom is -0.389 e. The van der Waals surface area contributed by atoms with Gasteiger partial charge < -0.3 is 11.1 Å². The summed E-state index contributed by atoms with van der Waals surface area (Å²) in [6.45, 7) is 4.09. The molecular formula is C14H15FN2S2. The first-order chi connectivity index (χ1) is 8.99. The average Bonchev–Trinajstić information content (AvgIpc) is 2.75. The molecule has 1 unspecified atom stereocenters. The molecule has 2 aromatic rings. The Balaban J connectivity index is 2.28. The molecule has 0 radical (unpaired) electrons. The molecule has 1 heterocycles. The van der Waals surface area contributed by atoms with E-state index in [1.807, 2.05) is 6.92 Å². The van der Waals surface area contributed by atoms with Gasteiger partial charge in [0.1, 0.15) is 10.8 Å². The van der Waals surface area contributed by atoms with Gasteiger partial charge in [0.25, 0.3) is 0 Å². The fraction of sp³-hybridized carbons (Fsp3) is 0.214. The summed E-state index contributed by atoms with van der Waals surface area (Å²) >= 11 is 6.62. The third kappa shape index (κ3) is 3.11. The van der Waals surface area contributed by atoms with Gasteiger partial charge in [0.15, 0.2) is 0 Å². The highest BCUT2D eigenvalue weighted by Gasteiger charge is 2.14. The number of anilines is 1. The summed E-state index contributed by atoms with van der Waals surface area (Å²) in [5.74, 6) is -0.396. The van der Waals surface area contributed by atoms with Gasteiger partial charge >= 0.3 is 0 Å². The van der Waals surface area contributed by atoms with E-state index in [1.54, 1.807) is 23.5 Å². The Bertz CT molecular complexity index is 607. The van der Waals surface area contributed by atoms with Gasteiger partial charge in [-0.3, -0.25) is 0 Å². The van der Waals surface area contributed by atoms with Gasteiger partial charge in [0.05, 0.1) is 11.6 Å². The highest BCUT2D eigenvalue weighted by atomic mass is 32.1. The zero-order valence-corrected chi connectivity index (χ0v) is 12.4. The van der Waals surface area contributed by atoms with Gasteiger partial charge in [-0.2, -0.15) is 0 Å². The molecule has 0 aliphatic rings. The Morgan fingerprint density at radius 2 is 2.11 bits per heavy atom. The van der Waals surface area contributed by atoms with E-state index >= 15 is 0 Å². The standard InChI is InChI=1S/C14H15FN2S2/c1-8-6-7-12(19-8)9(2)17-11-5-3-4-10(15)13(11)14(16)18/h3-7,9,17H,1-2H3,(H2,16,18). The largest absolute Gasteiger partial charge is 0.389 e. The van der Waals surface area contributed by atoms with E-state index in [1.165, 1.54) is 15.8 Å². The number of thiophene rings is 1. The predicted molar refractivity (Wildman–Crippen MR) is 83.4 cm³/mol. The average molecular weight is 294 g/mol. The molecule has 3 N–H and O–H groups in total. The van der Waals surface area contributed by atoms with E-state index in [0.717, 1.165) is 0 Å². The first-order valence-electron chi connectivity index (χ1n) is 5.90. The van der Waals surface area contributed by atoms with E-state index in [-0.39, 0.29) is 16.6 Å². The SMILES string of the molecule is Cc1ccc(C(C)Nc2cccc(F)c2C(N)=S)s1. The second-order valence-electron chi connectivity index (χ2n) is 4.34. The van der Waals surface area contributed by atoms with Gasteiger partial charge in [-0.1, -0.05) is 18.3 Å². The van der Waals surface area contributed by atoms with Crippen LogP contribution in [-0.4, -0.2) is 4.99 Å². The molecule has 0 aliphatic carbocycles. The molecule has 2 nitrogen and oxygen atoms in total. The van der Waals surface area contributed by atoms with Crippen LogP contribution in [0.5, 0.6) is 0 Å². The first kappa shape index (κ1) is 14.0. The van der Waals surface area contributed by atoms with Gasteiger partial charge in [0, 0.05) is 15.4 Å². The van der Waals surface area contributed by atoms with Crippen LogP contribution in [0, 0.1) is 12.7 Å². The lowest BCUT2D eigenvalue weighted by molar-refractivity contribution is 0.625. The third-order valence-electron chi connectivity index (χ3n) is 2.82. The molecule has 0 aliphatic heterocycles. The van der Waals surface area contributed by atoms with Gasteiger partial charge in [-0.05, 0) is 38.1 Å². The molecule has 0 fully saturated rings. The van der Waals surface area contributed by atoms with Crippen molar-refractivity contribution in [2.45, 2.75) is 19.9 Å². The molecule has 1 atom stereocenters. The zero-order valence-electron chi connectivity index (χ0n) is 10.7. The minimum absolute atomic E-state index is 0.0650. The molecular weight excluding hydrogens is 279 g/mol. The molecule has 5 heteroatoms. The van der Waals surface area contributed by atoms with Crippen molar-refractivity contribution in [3.63, 3.8) is 0 Å². The highest BCUT2D eigenvalue weighted by Crippen LogP contribution is 2.28. The summed E-state index contributed by atoms with van der Waals surface area (Å²) in [7, 11) is 0. The van der Waals surface area contributed by atoms with Crippen molar-refractivity contribution in [3.05, 3.63) is 51.5 Å². The first-order valence-corrected chi connectivity index (χ1v) is 7.12. The number of benzene rings is 1. The quantitative estimate of drug-likeness (QED) is 0.837. The minimum atomic E-state index is -0.396. The molecule has 100 valence electrons. The molecule has 1 aromatic carbocycles. The van der Waals surface area contributed by atoms with Crippen LogP contribution >= 0.6 is 23.6 Å².